The molecule has 2 aromatic heterocycles. The molecule has 0 saturated heterocycles. The summed E-state index contributed by atoms with van der Waals surface area (Å²) in [5, 5.41) is 12.8. The minimum atomic E-state index is -0.388. The molecule has 1 N–H and O–H groups in total. The van der Waals surface area contributed by atoms with Crippen LogP contribution in [-0.2, 0) is 6.54 Å². The van der Waals surface area contributed by atoms with Gasteiger partial charge < -0.3 is 10.1 Å². The molecule has 26 heavy (non-hydrogen) atoms. The Morgan fingerprint density at radius 2 is 2.35 bits per heavy atom. The molecule has 1 aliphatic heterocycles. The van der Waals surface area contributed by atoms with E-state index in [0.717, 1.165) is 11.2 Å². The van der Waals surface area contributed by atoms with Crippen molar-refractivity contribution in [3.8, 4) is 11.8 Å². The van der Waals surface area contributed by atoms with E-state index in [0.29, 0.717) is 35.5 Å². The van der Waals surface area contributed by atoms with E-state index in [1.54, 1.807) is 30.5 Å². The fourth-order valence-corrected chi connectivity index (χ4v) is 2.84. The number of rotatable bonds is 3. The number of hydrogen-bond donors (Lipinski definition) is 1. The van der Waals surface area contributed by atoms with Crippen molar-refractivity contribution in [1.29, 1.82) is 5.26 Å². The van der Waals surface area contributed by atoms with Crippen LogP contribution < -0.4 is 15.7 Å². The highest BCUT2D eigenvalue weighted by atomic mass is 16.5. The smallest absolute Gasteiger partial charge is 0.281 e. The second-order valence-corrected chi connectivity index (χ2v) is 5.62. The number of aromatic nitrogens is 3. The molecule has 1 amide bonds. The summed E-state index contributed by atoms with van der Waals surface area (Å²) >= 11 is 0. The Labute approximate surface area is 148 Å². The van der Waals surface area contributed by atoms with Crippen molar-refractivity contribution in [2.75, 3.05) is 18.5 Å². The molecule has 0 atom stereocenters. The number of benzene rings is 1. The summed E-state index contributed by atoms with van der Waals surface area (Å²) in [6.45, 7) is 1.35. The lowest BCUT2D eigenvalue weighted by Gasteiger charge is -2.09. The number of nitrogens with zero attached hydrogens (tertiary/aromatic N) is 5. The minimum absolute atomic E-state index is 0.0191. The maximum atomic E-state index is 12.4. The Balaban J connectivity index is 1.83. The maximum Gasteiger partial charge on any atom is 0.281 e. The molecule has 0 aliphatic carbocycles. The molecule has 8 nitrogen and oxygen atoms in total. The molecule has 3 heterocycles. The van der Waals surface area contributed by atoms with Crippen molar-refractivity contribution in [3.05, 3.63) is 53.9 Å². The summed E-state index contributed by atoms with van der Waals surface area (Å²) in [5.74, 6) is 1.03. The average molecular weight is 346 g/mol. The Hall–Kier alpha value is -3.73. The fourth-order valence-electron chi connectivity index (χ4n) is 2.84. The number of ether oxygens (including phenoxy) is 1. The zero-order valence-corrected chi connectivity index (χ0v) is 13.7. The van der Waals surface area contributed by atoms with Gasteiger partial charge >= 0.3 is 0 Å². The maximum absolute atomic E-state index is 12.4. The van der Waals surface area contributed by atoms with E-state index in [1.165, 1.54) is 6.20 Å². The largest absolute Gasteiger partial charge is 0.479 e. The fraction of sp³-hybridized carbons (Fsp3) is 0.167. The van der Waals surface area contributed by atoms with E-state index < -0.39 is 0 Å². The third kappa shape index (κ3) is 2.86. The number of carbonyl (C=O) groups is 1. The van der Waals surface area contributed by atoms with Gasteiger partial charge in [0, 0.05) is 30.9 Å². The van der Waals surface area contributed by atoms with Gasteiger partial charge in [0.05, 0.1) is 11.1 Å². The molecular formula is C18H14N6O2. The van der Waals surface area contributed by atoms with Gasteiger partial charge in [-0.05, 0) is 30.3 Å². The van der Waals surface area contributed by atoms with E-state index in [1.807, 2.05) is 16.7 Å². The Bertz CT molecular complexity index is 1100. The second kappa shape index (κ2) is 6.64. The van der Waals surface area contributed by atoms with E-state index in [-0.39, 0.29) is 12.5 Å². The van der Waals surface area contributed by atoms with E-state index >= 15 is 0 Å². The Kier molecular flexibility index (Phi) is 4.03. The van der Waals surface area contributed by atoms with Crippen LogP contribution in [0.1, 0.15) is 10.4 Å². The number of nitriles is 1. The molecule has 0 bridgehead atoms. The van der Waals surface area contributed by atoms with E-state index in [4.69, 9.17) is 10.00 Å². The first-order chi connectivity index (χ1) is 12.8. The highest BCUT2D eigenvalue weighted by Crippen LogP contribution is 2.27. The molecule has 128 valence electrons. The van der Waals surface area contributed by atoms with Gasteiger partial charge in [-0.25, -0.2) is 4.98 Å². The van der Waals surface area contributed by atoms with Crippen LogP contribution in [0.2, 0.25) is 0 Å². The van der Waals surface area contributed by atoms with Gasteiger partial charge in [-0.15, -0.1) is 0 Å². The van der Waals surface area contributed by atoms with Gasteiger partial charge in [0.15, 0.2) is 6.61 Å². The zero-order chi connectivity index (χ0) is 17.9. The molecule has 1 aromatic carbocycles. The van der Waals surface area contributed by atoms with Crippen molar-refractivity contribution in [2.45, 2.75) is 6.54 Å². The molecule has 3 aromatic rings. The van der Waals surface area contributed by atoms with Crippen LogP contribution >= 0.6 is 0 Å². The van der Waals surface area contributed by atoms with Crippen LogP contribution in [0.15, 0.2) is 47.7 Å². The molecule has 0 fully saturated rings. The molecule has 0 radical (unpaired) electrons. The third-order valence-corrected chi connectivity index (χ3v) is 4.00. The summed E-state index contributed by atoms with van der Waals surface area (Å²) in [5.41, 5.74) is 1.44. The first-order valence-electron chi connectivity index (χ1n) is 8.03. The van der Waals surface area contributed by atoms with Crippen LogP contribution in [0, 0.1) is 11.3 Å². The van der Waals surface area contributed by atoms with Crippen molar-refractivity contribution in [3.63, 3.8) is 0 Å². The molecule has 1 aliphatic rings. The molecular weight excluding hydrogens is 332 g/mol. The first-order valence-corrected chi connectivity index (χ1v) is 8.03. The molecule has 0 unspecified atom stereocenters. The summed E-state index contributed by atoms with van der Waals surface area (Å²) in [6.07, 6.45) is 3.09. The normalized spacial score (nSPS) is 13.1. The summed E-state index contributed by atoms with van der Waals surface area (Å²) in [4.78, 5) is 25.0. The topological polar surface area (TPSA) is 105 Å². The van der Waals surface area contributed by atoms with Gasteiger partial charge in [0.1, 0.15) is 17.6 Å². The predicted octanol–water partition coefficient (Wildman–Crippen LogP) is 1.50. The third-order valence-electron chi connectivity index (χ3n) is 4.00. The molecule has 0 spiro atoms. The molecule has 0 saturated carbocycles. The number of hydrogen-bond acceptors (Lipinski definition) is 6. The van der Waals surface area contributed by atoms with Crippen molar-refractivity contribution in [1.82, 2.24) is 14.5 Å². The Morgan fingerprint density at radius 1 is 1.42 bits per heavy atom. The zero-order valence-electron chi connectivity index (χ0n) is 13.7. The SMILES string of the molecule is N#CCOc1ccc2nc(=NC(=O)c3cccnc3)n3c(c2c1)NCC3. The van der Waals surface area contributed by atoms with Crippen LogP contribution in [0.5, 0.6) is 5.75 Å². The lowest BCUT2D eigenvalue weighted by atomic mass is 10.2. The number of fused-ring (bicyclic) bond motifs is 3. The van der Waals surface area contributed by atoms with E-state index in [9.17, 15) is 4.79 Å². The number of carbonyl (C=O) groups excluding carboxylic acids is 1. The lowest BCUT2D eigenvalue weighted by molar-refractivity contribution is 0.0996. The lowest BCUT2D eigenvalue weighted by Crippen LogP contribution is -2.24. The van der Waals surface area contributed by atoms with Crippen molar-refractivity contribution >= 4 is 22.6 Å². The molecule has 8 heteroatoms. The highest BCUT2D eigenvalue weighted by Gasteiger charge is 2.17. The number of pyridine rings is 1. The standard InChI is InChI=1S/C18H14N6O2/c19-5-9-26-13-3-4-15-14(10-13)16-21-7-8-24(16)18(22-15)23-17(25)12-2-1-6-20-11-12/h1-4,6,10-11,21H,7-9H2. The Morgan fingerprint density at radius 3 is 3.15 bits per heavy atom. The van der Waals surface area contributed by atoms with Crippen molar-refractivity contribution < 1.29 is 9.53 Å². The first kappa shape index (κ1) is 15.8. The van der Waals surface area contributed by atoms with Gasteiger partial charge in [-0.3, -0.25) is 14.3 Å². The number of anilines is 1. The highest BCUT2D eigenvalue weighted by molar-refractivity contribution is 5.95. The summed E-state index contributed by atoms with van der Waals surface area (Å²) in [6, 6.07) is 10.7. The van der Waals surface area contributed by atoms with Gasteiger partial charge in [-0.1, -0.05) is 0 Å². The number of amides is 1. The average Bonchev–Trinajstić information content (AvgIpc) is 3.18. The summed E-state index contributed by atoms with van der Waals surface area (Å²) < 4.78 is 7.23. The monoisotopic (exact) mass is 346 g/mol. The summed E-state index contributed by atoms with van der Waals surface area (Å²) in [7, 11) is 0. The van der Waals surface area contributed by atoms with Crippen LogP contribution in [-0.4, -0.2) is 33.6 Å². The minimum Gasteiger partial charge on any atom is -0.479 e. The van der Waals surface area contributed by atoms with Gasteiger partial charge in [0.25, 0.3) is 5.91 Å². The molecule has 4 rings (SSSR count). The second-order valence-electron chi connectivity index (χ2n) is 5.62. The van der Waals surface area contributed by atoms with Gasteiger partial charge in [0.2, 0.25) is 5.62 Å². The predicted molar refractivity (Wildman–Crippen MR) is 93.5 cm³/mol. The number of nitrogens with one attached hydrogen (secondary N) is 1. The van der Waals surface area contributed by atoms with Crippen LogP contribution in [0.25, 0.3) is 10.9 Å². The quantitative estimate of drug-likeness (QED) is 0.770. The van der Waals surface area contributed by atoms with Crippen LogP contribution in [0.4, 0.5) is 5.82 Å². The van der Waals surface area contributed by atoms with Crippen molar-refractivity contribution in [2.24, 2.45) is 4.99 Å². The van der Waals surface area contributed by atoms with Gasteiger partial charge in [-0.2, -0.15) is 10.3 Å². The van der Waals surface area contributed by atoms with E-state index in [2.05, 4.69) is 20.3 Å². The van der Waals surface area contributed by atoms with Crippen LogP contribution in [0.3, 0.4) is 0 Å².